The molecule has 0 unspecified atom stereocenters. The lowest BCUT2D eigenvalue weighted by atomic mass is 10.2. The van der Waals surface area contributed by atoms with Crippen LogP contribution in [0.25, 0.3) is 0 Å². The van der Waals surface area contributed by atoms with E-state index in [9.17, 15) is 4.79 Å². The van der Waals surface area contributed by atoms with Crippen LogP contribution in [0.4, 0.5) is 0 Å². The lowest BCUT2D eigenvalue weighted by molar-refractivity contribution is 0.0955. The molecule has 0 saturated heterocycles. The van der Waals surface area contributed by atoms with Crippen LogP contribution in [0, 0.1) is 7.14 Å². The minimum absolute atomic E-state index is 0.365. The van der Waals surface area contributed by atoms with Gasteiger partial charge in [0.05, 0.1) is 23.9 Å². The number of carbonyl (C=O) groups excluding carboxylic acids is 1. The molecular formula is C21H14Cl2I2N2O2. The molecule has 8 heteroatoms. The molecule has 4 nitrogen and oxygen atoms in total. The number of hydrazone groups is 1. The number of ether oxygens (including phenoxy) is 1. The monoisotopic (exact) mass is 650 g/mol. The first-order valence-electron chi connectivity index (χ1n) is 8.39. The Morgan fingerprint density at radius 1 is 1.00 bits per heavy atom. The molecule has 0 aliphatic heterocycles. The fraction of sp³-hybridized carbons (Fsp3) is 0.0476. The van der Waals surface area contributed by atoms with E-state index >= 15 is 0 Å². The van der Waals surface area contributed by atoms with Gasteiger partial charge in [0.15, 0.2) is 0 Å². The van der Waals surface area contributed by atoms with Gasteiger partial charge in [-0.2, -0.15) is 5.10 Å². The van der Waals surface area contributed by atoms with Gasteiger partial charge in [-0.25, -0.2) is 5.43 Å². The highest BCUT2D eigenvalue weighted by Crippen LogP contribution is 2.30. The molecule has 148 valence electrons. The van der Waals surface area contributed by atoms with Crippen LogP contribution in [0.3, 0.4) is 0 Å². The van der Waals surface area contributed by atoms with Crippen LogP contribution in [0.2, 0.25) is 10.0 Å². The zero-order valence-electron chi connectivity index (χ0n) is 14.8. The van der Waals surface area contributed by atoms with E-state index in [1.807, 2.05) is 36.4 Å². The lowest BCUT2D eigenvalue weighted by Crippen LogP contribution is -2.18. The molecule has 0 radical (unpaired) electrons. The highest BCUT2D eigenvalue weighted by molar-refractivity contribution is 14.1. The third-order valence-corrected chi connectivity index (χ3v) is 6.15. The Morgan fingerprint density at radius 3 is 2.28 bits per heavy atom. The van der Waals surface area contributed by atoms with Crippen molar-refractivity contribution in [1.29, 1.82) is 0 Å². The summed E-state index contributed by atoms with van der Waals surface area (Å²) in [5.74, 6) is 0.416. The van der Waals surface area contributed by atoms with Gasteiger partial charge in [0.1, 0.15) is 12.4 Å². The van der Waals surface area contributed by atoms with E-state index in [1.54, 1.807) is 30.5 Å². The van der Waals surface area contributed by atoms with Crippen molar-refractivity contribution in [3.8, 4) is 5.75 Å². The zero-order valence-corrected chi connectivity index (χ0v) is 20.7. The molecule has 29 heavy (non-hydrogen) atoms. The maximum atomic E-state index is 12.1. The van der Waals surface area contributed by atoms with Crippen molar-refractivity contribution < 1.29 is 9.53 Å². The van der Waals surface area contributed by atoms with Gasteiger partial charge in [-0.3, -0.25) is 4.79 Å². The Labute approximate surface area is 205 Å². The summed E-state index contributed by atoms with van der Waals surface area (Å²) >= 11 is 16.6. The highest BCUT2D eigenvalue weighted by atomic mass is 127. The molecule has 1 N–H and O–H groups in total. The summed E-state index contributed by atoms with van der Waals surface area (Å²) in [4.78, 5) is 12.1. The number of hydrogen-bond acceptors (Lipinski definition) is 3. The molecule has 0 spiro atoms. The standard InChI is InChI=1S/C21H14Cl2I2N2O2/c22-16-7-3-1-5-14(16)12-29-20-18(24)9-13(10-19(20)25)11-26-27-21(28)15-6-2-4-8-17(15)23/h1-11H,12H2,(H,27,28)/b26-11-. The summed E-state index contributed by atoms with van der Waals surface area (Å²) in [7, 11) is 0. The van der Waals surface area contributed by atoms with Crippen LogP contribution >= 0.6 is 68.4 Å². The van der Waals surface area contributed by atoms with Crippen LogP contribution < -0.4 is 10.2 Å². The third-order valence-electron chi connectivity index (χ3n) is 3.85. The second-order valence-corrected chi connectivity index (χ2v) is 9.01. The van der Waals surface area contributed by atoms with Gasteiger partial charge in [0.2, 0.25) is 0 Å². The molecule has 0 aliphatic carbocycles. The molecule has 0 saturated carbocycles. The van der Waals surface area contributed by atoms with Crippen LogP contribution in [0.15, 0.2) is 65.8 Å². The topological polar surface area (TPSA) is 50.7 Å². The van der Waals surface area contributed by atoms with E-state index in [-0.39, 0.29) is 5.91 Å². The van der Waals surface area contributed by atoms with Gasteiger partial charge in [-0.15, -0.1) is 0 Å². The first-order chi connectivity index (χ1) is 14.0. The van der Waals surface area contributed by atoms with E-state index in [0.717, 1.165) is 24.0 Å². The largest absolute Gasteiger partial charge is 0.487 e. The number of hydrogen-bond donors (Lipinski definition) is 1. The number of rotatable bonds is 6. The number of carbonyl (C=O) groups is 1. The molecule has 0 bridgehead atoms. The number of amides is 1. The zero-order chi connectivity index (χ0) is 20.8. The van der Waals surface area contributed by atoms with Crippen molar-refractivity contribution in [2.24, 2.45) is 5.10 Å². The number of halogens is 4. The SMILES string of the molecule is O=C(N/N=C\c1cc(I)c(OCc2ccccc2Cl)c(I)c1)c1ccccc1Cl. The number of nitrogens with zero attached hydrogens (tertiary/aromatic N) is 1. The second-order valence-electron chi connectivity index (χ2n) is 5.87. The molecule has 3 aromatic carbocycles. The van der Waals surface area contributed by atoms with Crippen molar-refractivity contribution in [2.75, 3.05) is 0 Å². The molecule has 0 aromatic heterocycles. The maximum absolute atomic E-state index is 12.1. The predicted molar refractivity (Wildman–Crippen MR) is 134 cm³/mol. The van der Waals surface area contributed by atoms with Crippen molar-refractivity contribution in [1.82, 2.24) is 5.43 Å². The van der Waals surface area contributed by atoms with E-state index in [4.69, 9.17) is 27.9 Å². The summed E-state index contributed by atoms with van der Waals surface area (Å²) in [6.45, 7) is 0.382. The van der Waals surface area contributed by atoms with Gasteiger partial charge in [-0.05, 0) is 81.1 Å². The second kappa shape index (κ2) is 10.6. The maximum Gasteiger partial charge on any atom is 0.272 e. The third kappa shape index (κ3) is 6.07. The van der Waals surface area contributed by atoms with Crippen LogP contribution in [-0.4, -0.2) is 12.1 Å². The van der Waals surface area contributed by atoms with E-state index in [0.29, 0.717) is 22.2 Å². The average molecular weight is 651 g/mol. The summed E-state index contributed by atoms with van der Waals surface area (Å²) in [6.07, 6.45) is 1.58. The summed E-state index contributed by atoms with van der Waals surface area (Å²) in [6, 6.07) is 18.3. The Morgan fingerprint density at radius 2 is 1.62 bits per heavy atom. The Bertz CT molecular complexity index is 1050. The molecular weight excluding hydrogens is 637 g/mol. The van der Waals surface area contributed by atoms with Gasteiger partial charge >= 0.3 is 0 Å². The first-order valence-corrected chi connectivity index (χ1v) is 11.3. The predicted octanol–water partition coefficient (Wildman–Crippen LogP) is 6.55. The normalized spacial score (nSPS) is 10.9. The Hall–Kier alpha value is -1.36. The molecule has 3 aromatic rings. The van der Waals surface area contributed by atoms with E-state index in [1.165, 1.54) is 0 Å². The van der Waals surface area contributed by atoms with Crippen molar-refractivity contribution in [2.45, 2.75) is 6.61 Å². The van der Waals surface area contributed by atoms with Crippen LogP contribution in [0.1, 0.15) is 21.5 Å². The molecule has 0 heterocycles. The van der Waals surface area contributed by atoms with Gasteiger partial charge in [-0.1, -0.05) is 53.5 Å². The van der Waals surface area contributed by atoms with Crippen LogP contribution in [-0.2, 0) is 6.61 Å². The lowest BCUT2D eigenvalue weighted by Gasteiger charge is -2.12. The van der Waals surface area contributed by atoms with Crippen molar-refractivity contribution >= 4 is 80.5 Å². The van der Waals surface area contributed by atoms with Gasteiger partial charge < -0.3 is 4.74 Å². The van der Waals surface area contributed by atoms with Gasteiger partial charge in [0, 0.05) is 10.6 Å². The summed E-state index contributed by atoms with van der Waals surface area (Å²) in [5, 5.41) is 5.08. The minimum Gasteiger partial charge on any atom is -0.487 e. The fourth-order valence-corrected chi connectivity index (χ4v) is 4.97. The number of benzene rings is 3. The number of nitrogens with one attached hydrogen (secondary N) is 1. The van der Waals surface area contributed by atoms with Crippen molar-refractivity contribution in [3.63, 3.8) is 0 Å². The molecule has 0 aliphatic rings. The minimum atomic E-state index is -0.365. The molecule has 3 rings (SSSR count). The molecule has 0 atom stereocenters. The van der Waals surface area contributed by atoms with E-state index in [2.05, 4.69) is 55.7 Å². The average Bonchev–Trinajstić information content (AvgIpc) is 2.69. The van der Waals surface area contributed by atoms with E-state index < -0.39 is 0 Å². The molecule has 1 amide bonds. The summed E-state index contributed by atoms with van der Waals surface area (Å²) < 4.78 is 7.84. The van der Waals surface area contributed by atoms with Crippen molar-refractivity contribution in [3.05, 3.63) is 94.5 Å². The van der Waals surface area contributed by atoms with Crippen LogP contribution in [0.5, 0.6) is 5.75 Å². The first kappa shape index (κ1) is 22.3. The van der Waals surface area contributed by atoms with Gasteiger partial charge in [0.25, 0.3) is 5.91 Å². The quantitative estimate of drug-likeness (QED) is 0.187. The smallest absolute Gasteiger partial charge is 0.272 e. The molecule has 0 fully saturated rings. The Kier molecular flexibility index (Phi) is 8.16. The highest BCUT2D eigenvalue weighted by Gasteiger charge is 2.11. The Balaban J connectivity index is 1.67. The fourth-order valence-electron chi connectivity index (χ4n) is 2.43. The summed E-state index contributed by atoms with van der Waals surface area (Å²) in [5.41, 5.74) is 4.62.